The molecule has 9 aromatic carbocycles. The van der Waals surface area contributed by atoms with E-state index in [1.54, 1.807) is 0 Å². The molecule has 0 bridgehead atoms. The van der Waals surface area contributed by atoms with E-state index in [1.165, 1.54) is 92.5 Å². The van der Waals surface area contributed by atoms with Gasteiger partial charge in [-0.05, 0) is 107 Å². The SMILES string of the molecule is Nc1cccc2c1-c1cc(-c3c4ccccc4c(-c4ccc(-c5ccccc5)cc4)c4ccccc34)ccc1C21c2ccccc2Sc2ccccc21. The third kappa shape index (κ3) is 4.27. The molecule has 53 heavy (non-hydrogen) atoms. The molecule has 0 saturated heterocycles. The number of hydrogen-bond donors (Lipinski definition) is 1. The van der Waals surface area contributed by atoms with Gasteiger partial charge < -0.3 is 5.73 Å². The van der Waals surface area contributed by atoms with Gasteiger partial charge in [0.15, 0.2) is 0 Å². The Morgan fingerprint density at radius 3 is 1.43 bits per heavy atom. The van der Waals surface area contributed by atoms with Crippen LogP contribution in [0.3, 0.4) is 0 Å². The summed E-state index contributed by atoms with van der Waals surface area (Å²) in [7, 11) is 0. The highest BCUT2D eigenvalue weighted by atomic mass is 32.2. The van der Waals surface area contributed by atoms with E-state index in [1.807, 2.05) is 11.8 Å². The first-order valence-corrected chi connectivity index (χ1v) is 19.0. The van der Waals surface area contributed by atoms with Crippen molar-refractivity contribution in [2.24, 2.45) is 0 Å². The van der Waals surface area contributed by atoms with Crippen molar-refractivity contribution in [1.82, 2.24) is 0 Å². The van der Waals surface area contributed by atoms with Gasteiger partial charge in [0, 0.05) is 21.0 Å². The van der Waals surface area contributed by atoms with E-state index in [2.05, 4.69) is 188 Å². The summed E-state index contributed by atoms with van der Waals surface area (Å²) in [6, 6.07) is 69.0. The van der Waals surface area contributed by atoms with Gasteiger partial charge in [-0.25, -0.2) is 0 Å². The zero-order chi connectivity index (χ0) is 35.1. The van der Waals surface area contributed by atoms with Gasteiger partial charge in [0.25, 0.3) is 0 Å². The van der Waals surface area contributed by atoms with Crippen molar-refractivity contribution in [1.29, 1.82) is 0 Å². The number of nitrogens with two attached hydrogens (primary N) is 1. The van der Waals surface area contributed by atoms with Crippen LogP contribution in [-0.4, -0.2) is 0 Å². The summed E-state index contributed by atoms with van der Waals surface area (Å²) < 4.78 is 0. The van der Waals surface area contributed by atoms with Crippen molar-refractivity contribution < 1.29 is 0 Å². The van der Waals surface area contributed by atoms with Gasteiger partial charge in [0.1, 0.15) is 0 Å². The second-order valence-corrected chi connectivity index (χ2v) is 15.2. The van der Waals surface area contributed by atoms with Gasteiger partial charge in [0.05, 0.1) is 5.41 Å². The average Bonchev–Trinajstić information content (AvgIpc) is 3.51. The molecule has 0 saturated carbocycles. The zero-order valence-corrected chi connectivity index (χ0v) is 29.7. The fraction of sp³-hybridized carbons (Fsp3) is 0.0196. The molecule has 1 aliphatic carbocycles. The van der Waals surface area contributed by atoms with Crippen molar-refractivity contribution in [2.75, 3.05) is 5.73 Å². The minimum Gasteiger partial charge on any atom is -0.398 e. The molecule has 1 spiro atoms. The molecule has 0 aromatic heterocycles. The molecule has 0 fully saturated rings. The Morgan fingerprint density at radius 1 is 0.340 bits per heavy atom. The minimum atomic E-state index is -0.461. The summed E-state index contributed by atoms with van der Waals surface area (Å²) in [5.74, 6) is 0. The molecule has 2 aliphatic rings. The lowest BCUT2D eigenvalue weighted by molar-refractivity contribution is 0.722. The van der Waals surface area contributed by atoms with E-state index >= 15 is 0 Å². The van der Waals surface area contributed by atoms with Crippen LogP contribution in [0.1, 0.15) is 22.3 Å². The molecule has 0 amide bonds. The predicted molar refractivity (Wildman–Crippen MR) is 224 cm³/mol. The predicted octanol–water partition coefficient (Wildman–Crippen LogP) is 13.4. The first kappa shape index (κ1) is 30.3. The van der Waals surface area contributed by atoms with Crippen molar-refractivity contribution >= 4 is 39.0 Å². The lowest BCUT2D eigenvalue weighted by atomic mass is 9.67. The van der Waals surface area contributed by atoms with Crippen LogP contribution in [0.25, 0.3) is 66.1 Å². The Morgan fingerprint density at radius 2 is 0.811 bits per heavy atom. The van der Waals surface area contributed by atoms with E-state index < -0.39 is 5.41 Å². The van der Waals surface area contributed by atoms with E-state index in [0.29, 0.717) is 0 Å². The maximum absolute atomic E-state index is 7.01. The van der Waals surface area contributed by atoms with Crippen LogP contribution in [0.4, 0.5) is 5.69 Å². The number of anilines is 1. The van der Waals surface area contributed by atoms with Gasteiger partial charge in [-0.2, -0.15) is 0 Å². The second-order valence-electron chi connectivity index (χ2n) is 14.2. The Hall–Kier alpha value is -6.35. The van der Waals surface area contributed by atoms with Crippen LogP contribution in [0, 0.1) is 0 Å². The van der Waals surface area contributed by atoms with E-state index in [4.69, 9.17) is 5.73 Å². The zero-order valence-electron chi connectivity index (χ0n) is 28.9. The Balaban J connectivity index is 1.17. The van der Waals surface area contributed by atoms with Crippen molar-refractivity contribution in [3.63, 3.8) is 0 Å². The Bertz CT molecular complexity index is 2820. The summed E-state index contributed by atoms with van der Waals surface area (Å²) in [5.41, 5.74) is 22.3. The number of hydrogen-bond acceptors (Lipinski definition) is 2. The highest BCUT2D eigenvalue weighted by Gasteiger charge is 2.50. The summed E-state index contributed by atoms with van der Waals surface area (Å²) in [4.78, 5) is 2.58. The third-order valence-electron chi connectivity index (χ3n) is 11.5. The van der Waals surface area contributed by atoms with E-state index in [0.717, 1.165) is 11.3 Å². The first-order valence-electron chi connectivity index (χ1n) is 18.2. The largest absolute Gasteiger partial charge is 0.398 e. The smallest absolute Gasteiger partial charge is 0.0736 e. The Kier molecular flexibility index (Phi) is 6.62. The molecule has 2 heteroatoms. The van der Waals surface area contributed by atoms with Crippen molar-refractivity contribution in [3.8, 4) is 44.5 Å². The molecule has 1 aliphatic heterocycles. The normalized spacial score (nSPS) is 13.4. The highest BCUT2D eigenvalue weighted by Crippen LogP contribution is 2.63. The third-order valence-corrected chi connectivity index (χ3v) is 12.6. The molecule has 0 radical (unpaired) electrons. The van der Waals surface area contributed by atoms with Gasteiger partial charge in [-0.15, -0.1) is 0 Å². The topological polar surface area (TPSA) is 26.0 Å². The van der Waals surface area contributed by atoms with Crippen LogP contribution >= 0.6 is 11.8 Å². The molecule has 0 atom stereocenters. The number of benzene rings is 9. The summed E-state index contributed by atoms with van der Waals surface area (Å²) in [6.45, 7) is 0. The average molecular weight is 692 g/mol. The lowest BCUT2D eigenvalue weighted by Gasteiger charge is -2.39. The van der Waals surface area contributed by atoms with Crippen LogP contribution < -0.4 is 5.73 Å². The standard InChI is InChI=1S/C51H33NS/c52-45-22-12-21-44-50(45)40-31-35(29-30-41(40)51(44)42-19-8-10-23-46(42)53-47-24-11-9-20-43(47)51)49-38-17-6-4-15-36(38)48(37-16-5-7-18-39(37)49)34-27-25-33(26-28-34)32-13-2-1-3-14-32/h1-31H,52H2. The fourth-order valence-electron chi connectivity index (χ4n) is 9.35. The van der Waals surface area contributed by atoms with Crippen LogP contribution in [0.5, 0.6) is 0 Å². The molecular weight excluding hydrogens is 659 g/mol. The molecular formula is C51H33NS. The lowest BCUT2D eigenvalue weighted by Crippen LogP contribution is -2.31. The van der Waals surface area contributed by atoms with Gasteiger partial charge >= 0.3 is 0 Å². The van der Waals surface area contributed by atoms with E-state index in [-0.39, 0.29) is 0 Å². The second kappa shape index (κ2) is 11.6. The molecule has 1 nitrogen and oxygen atoms in total. The van der Waals surface area contributed by atoms with Gasteiger partial charge in [-0.3, -0.25) is 0 Å². The highest BCUT2D eigenvalue weighted by molar-refractivity contribution is 7.99. The summed E-state index contributed by atoms with van der Waals surface area (Å²) >= 11 is 1.87. The molecule has 2 N–H and O–H groups in total. The van der Waals surface area contributed by atoms with E-state index in [9.17, 15) is 0 Å². The van der Waals surface area contributed by atoms with Gasteiger partial charge in [-0.1, -0.05) is 176 Å². The maximum Gasteiger partial charge on any atom is 0.0736 e. The summed E-state index contributed by atoms with van der Waals surface area (Å²) in [6.07, 6.45) is 0. The molecule has 11 rings (SSSR count). The number of rotatable bonds is 3. The monoisotopic (exact) mass is 691 g/mol. The maximum atomic E-state index is 7.01. The van der Waals surface area contributed by atoms with Gasteiger partial charge in [0.2, 0.25) is 0 Å². The van der Waals surface area contributed by atoms with Crippen molar-refractivity contribution in [2.45, 2.75) is 15.2 Å². The number of nitrogen functional groups attached to an aromatic ring is 1. The number of fused-ring (bicyclic) bond motifs is 11. The van der Waals surface area contributed by atoms with Crippen molar-refractivity contribution in [3.05, 3.63) is 210 Å². The summed E-state index contributed by atoms with van der Waals surface area (Å²) in [5, 5.41) is 4.98. The minimum absolute atomic E-state index is 0.461. The first-order chi connectivity index (χ1) is 26.2. The Labute approximate surface area is 313 Å². The van der Waals surface area contributed by atoms with Crippen LogP contribution in [-0.2, 0) is 5.41 Å². The fourth-order valence-corrected chi connectivity index (χ4v) is 10.5. The van der Waals surface area contributed by atoms with Crippen LogP contribution in [0.15, 0.2) is 198 Å². The van der Waals surface area contributed by atoms with Crippen LogP contribution in [0.2, 0.25) is 0 Å². The molecule has 9 aromatic rings. The quantitative estimate of drug-likeness (QED) is 0.147. The molecule has 1 heterocycles. The molecule has 248 valence electrons. The molecule has 0 unspecified atom stereocenters.